The van der Waals surface area contributed by atoms with Crippen molar-refractivity contribution in [3.63, 3.8) is 0 Å². The Morgan fingerprint density at radius 2 is 1.83 bits per heavy atom. The lowest BCUT2D eigenvalue weighted by atomic mass is 10.00. The first-order valence-corrected chi connectivity index (χ1v) is 9.77. The van der Waals surface area contributed by atoms with E-state index in [0.717, 1.165) is 23.1 Å². The molecule has 0 radical (unpaired) electrons. The van der Waals surface area contributed by atoms with Crippen molar-refractivity contribution in [3.05, 3.63) is 94.1 Å². The summed E-state index contributed by atoms with van der Waals surface area (Å²) in [5.41, 5.74) is 8.03. The minimum atomic E-state index is 0.581. The molecule has 3 nitrogen and oxygen atoms in total. The standard InChI is InChI=1S/C24H23Cl2N3/c1-5-20(16-29-28-6-2)17(3)21-12-10-19(11-13-21)14-15-27-18(4)24-22(25)8-7-9-23(24)26/h1,6-13,16,27-28H,2,4,14-15H2,3H3/b20-17+,29-16-. The maximum atomic E-state index is 6.22. The van der Waals surface area contributed by atoms with Crippen LogP contribution in [0.5, 0.6) is 0 Å². The van der Waals surface area contributed by atoms with Crippen molar-refractivity contribution in [1.29, 1.82) is 0 Å². The van der Waals surface area contributed by atoms with Gasteiger partial charge in [-0.3, -0.25) is 5.43 Å². The van der Waals surface area contributed by atoms with Crippen molar-refractivity contribution in [1.82, 2.24) is 10.7 Å². The van der Waals surface area contributed by atoms with Crippen LogP contribution in [0.4, 0.5) is 0 Å². The summed E-state index contributed by atoms with van der Waals surface area (Å²) < 4.78 is 0. The zero-order chi connectivity index (χ0) is 21.2. The van der Waals surface area contributed by atoms with Gasteiger partial charge in [-0.25, -0.2) is 0 Å². The Kier molecular flexibility index (Phi) is 8.61. The van der Waals surface area contributed by atoms with Crippen LogP contribution < -0.4 is 10.7 Å². The lowest BCUT2D eigenvalue weighted by Gasteiger charge is -2.13. The Labute approximate surface area is 182 Å². The van der Waals surface area contributed by atoms with Crippen LogP contribution in [-0.2, 0) is 6.42 Å². The van der Waals surface area contributed by atoms with Crippen molar-refractivity contribution >= 4 is 40.7 Å². The SMILES string of the molecule is C#CC(/C=N\NC=C)=C(/C)c1ccc(CCNC(=C)c2c(Cl)cccc2Cl)cc1. The Morgan fingerprint density at radius 3 is 2.41 bits per heavy atom. The number of rotatable bonds is 9. The highest BCUT2D eigenvalue weighted by atomic mass is 35.5. The van der Waals surface area contributed by atoms with Crippen molar-refractivity contribution in [2.45, 2.75) is 13.3 Å². The molecule has 5 heteroatoms. The Hall–Kier alpha value is -2.93. The molecule has 0 aromatic heterocycles. The molecule has 2 aromatic carbocycles. The molecule has 0 aliphatic rings. The number of benzene rings is 2. The molecule has 0 heterocycles. The minimum Gasteiger partial charge on any atom is -0.385 e. The highest BCUT2D eigenvalue weighted by molar-refractivity contribution is 6.37. The summed E-state index contributed by atoms with van der Waals surface area (Å²) in [5.74, 6) is 2.66. The molecule has 0 atom stereocenters. The predicted octanol–water partition coefficient (Wildman–Crippen LogP) is 5.92. The molecular formula is C24H23Cl2N3. The van der Waals surface area contributed by atoms with Crippen molar-refractivity contribution in [3.8, 4) is 12.3 Å². The van der Waals surface area contributed by atoms with E-state index in [-0.39, 0.29) is 0 Å². The molecule has 0 aliphatic carbocycles. The van der Waals surface area contributed by atoms with Crippen LogP contribution in [-0.4, -0.2) is 12.8 Å². The highest BCUT2D eigenvalue weighted by Gasteiger charge is 2.09. The summed E-state index contributed by atoms with van der Waals surface area (Å²) in [6.07, 6.45) is 9.52. The summed E-state index contributed by atoms with van der Waals surface area (Å²) in [6, 6.07) is 13.7. The lowest BCUT2D eigenvalue weighted by molar-refractivity contribution is 0.849. The second-order valence-corrected chi connectivity index (χ2v) is 7.04. The second-order valence-electron chi connectivity index (χ2n) is 6.22. The molecule has 0 saturated carbocycles. The number of nitrogens with zero attached hydrogens (tertiary/aromatic N) is 1. The van der Waals surface area contributed by atoms with Crippen LogP contribution in [0.25, 0.3) is 11.3 Å². The van der Waals surface area contributed by atoms with Gasteiger partial charge < -0.3 is 5.32 Å². The number of halogens is 2. The quantitative estimate of drug-likeness (QED) is 0.298. The van der Waals surface area contributed by atoms with Crippen LogP contribution in [0.1, 0.15) is 23.6 Å². The van der Waals surface area contributed by atoms with Crippen LogP contribution in [0.3, 0.4) is 0 Å². The van der Waals surface area contributed by atoms with E-state index in [9.17, 15) is 0 Å². The molecule has 0 fully saturated rings. The summed E-state index contributed by atoms with van der Waals surface area (Å²) in [4.78, 5) is 0. The predicted molar refractivity (Wildman–Crippen MR) is 127 cm³/mol. The van der Waals surface area contributed by atoms with Crippen molar-refractivity contribution < 1.29 is 0 Å². The molecule has 148 valence electrons. The fourth-order valence-corrected chi connectivity index (χ4v) is 3.33. The van der Waals surface area contributed by atoms with E-state index in [1.54, 1.807) is 18.3 Å². The first kappa shape index (κ1) is 22.4. The van der Waals surface area contributed by atoms with Crippen molar-refractivity contribution in [2.24, 2.45) is 5.10 Å². The first-order chi connectivity index (χ1) is 14.0. The molecule has 2 N–H and O–H groups in total. The van der Waals surface area contributed by atoms with Gasteiger partial charge in [-0.1, -0.05) is 72.6 Å². The fourth-order valence-electron chi connectivity index (χ4n) is 2.71. The van der Waals surface area contributed by atoms with Gasteiger partial charge in [0.2, 0.25) is 0 Å². The number of hydrogen-bond acceptors (Lipinski definition) is 3. The third kappa shape index (κ3) is 6.29. The van der Waals surface area contributed by atoms with Gasteiger partial charge in [-0.2, -0.15) is 5.10 Å². The molecule has 0 amide bonds. The third-order valence-corrected chi connectivity index (χ3v) is 4.95. The maximum absolute atomic E-state index is 6.22. The van der Waals surface area contributed by atoms with Crippen LogP contribution in [0, 0.1) is 12.3 Å². The van der Waals surface area contributed by atoms with Gasteiger partial charge in [0.15, 0.2) is 0 Å². The van der Waals surface area contributed by atoms with Gasteiger partial charge in [-0.15, -0.1) is 6.42 Å². The average Bonchev–Trinajstić information content (AvgIpc) is 2.71. The van der Waals surface area contributed by atoms with Crippen LogP contribution >= 0.6 is 23.2 Å². The monoisotopic (exact) mass is 423 g/mol. The zero-order valence-electron chi connectivity index (χ0n) is 16.3. The Balaban J connectivity index is 2.00. The molecule has 2 rings (SSSR count). The molecule has 0 bridgehead atoms. The van der Waals surface area contributed by atoms with Gasteiger partial charge in [0.05, 0.1) is 16.3 Å². The number of terminal acetylenes is 1. The summed E-state index contributed by atoms with van der Waals surface area (Å²) in [6.45, 7) is 10.3. The lowest BCUT2D eigenvalue weighted by Crippen LogP contribution is -2.15. The highest BCUT2D eigenvalue weighted by Crippen LogP contribution is 2.28. The van der Waals surface area contributed by atoms with E-state index in [2.05, 4.69) is 59.2 Å². The largest absolute Gasteiger partial charge is 0.385 e. The number of hydrazone groups is 1. The summed E-state index contributed by atoms with van der Waals surface area (Å²) in [5, 5.41) is 8.44. The fraction of sp³-hybridized carbons (Fsp3) is 0.125. The molecule has 0 spiro atoms. The number of hydrogen-bond donors (Lipinski definition) is 2. The van der Waals surface area contributed by atoms with Crippen molar-refractivity contribution in [2.75, 3.05) is 6.54 Å². The molecule has 29 heavy (non-hydrogen) atoms. The number of allylic oxidation sites excluding steroid dienone is 2. The molecule has 0 saturated heterocycles. The minimum absolute atomic E-state index is 0.581. The molecule has 0 aliphatic heterocycles. The normalized spacial score (nSPS) is 11.5. The van der Waals surface area contributed by atoms with E-state index in [1.807, 2.05) is 13.0 Å². The first-order valence-electron chi connectivity index (χ1n) is 9.01. The number of nitrogens with one attached hydrogen (secondary N) is 2. The van der Waals surface area contributed by atoms with Gasteiger partial charge in [0.1, 0.15) is 0 Å². The van der Waals surface area contributed by atoms with Gasteiger partial charge in [0.25, 0.3) is 0 Å². The summed E-state index contributed by atoms with van der Waals surface area (Å²) in [7, 11) is 0. The Morgan fingerprint density at radius 1 is 1.17 bits per heavy atom. The van der Waals surface area contributed by atoms with Crippen LogP contribution in [0.15, 0.2) is 72.5 Å². The van der Waals surface area contributed by atoms with Gasteiger partial charge in [0, 0.05) is 29.6 Å². The average molecular weight is 424 g/mol. The van der Waals surface area contributed by atoms with Crippen LogP contribution in [0.2, 0.25) is 10.0 Å². The Bertz CT molecular complexity index is 960. The van der Waals surface area contributed by atoms with E-state index in [4.69, 9.17) is 29.6 Å². The van der Waals surface area contributed by atoms with Gasteiger partial charge in [-0.05, 0) is 42.2 Å². The molecule has 2 aromatic rings. The maximum Gasteiger partial charge on any atom is 0.0631 e. The van der Waals surface area contributed by atoms with E-state index < -0.39 is 0 Å². The molecular weight excluding hydrogens is 401 g/mol. The topological polar surface area (TPSA) is 36.4 Å². The van der Waals surface area contributed by atoms with E-state index >= 15 is 0 Å². The summed E-state index contributed by atoms with van der Waals surface area (Å²) >= 11 is 12.4. The third-order valence-electron chi connectivity index (χ3n) is 4.32. The van der Waals surface area contributed by atoms with Gasteiger partial charge >= 0.3 is 0 Å². The van der Waals surface area contributed by atoms with E-state index in [0.29, 0.717) is 27.9 Å². The molecule has 0 unspecified atom stereocenters. The smallest absolute Gasteiger partial charge is 0.0631 e. The van der Waals surface area contributed by atoms with E-state index in [1.165, 1.54) is 11.8 Å². The zero-order valence-corrected chi connectivity index (χ0v) is 17.8. The second kappa shape index (κ2) is 11.2.